The molecule has 0 atom stereocenters. The van der Waals surface area contributed by atoms with E-state index in [-0.39, 0.29) is 11.0 Å². The van der Waals surface area contributed by atoms with Crippen LogP contribution >= 0.6 is 11.3 Å². The minimum Gasteiger partial charge on any atom is -0.449 e. The second-order valence-electron chi connectivity index (χ2n) is 6.60. The maximum absolute atomic E-state index is 12.4. The number of carbonyl (C=O) groups is 2. The van der Waals surface area contributed by atoms with Gasteiger partial charge in [-0.3, -0.25) is 19.1 Å². The van der Waals surface area contributed by atoms with Crippen LogP contribution in [0.2, 0.25) is 0 Å². The average molecular weight is 374 g/mol. The van der Waals surface area contributed by atoms with E-state index in [2.05, 4.69) is 9.97 Å². The molecule has 0 saturated heterocycles. The van der Waals surface area contributed by atoms with E-state index in [9.17, 15) is 9.59 Å². The number of hydrogen-bond acceptors (Lipinski definition) is 6. The van der Waals surface area contributed by atoms with Gasteiger partial charge in [-0.25, -0.2) is 9.78 Å². The van der Waals surface area contributed by atoms with E-state index in [1.807, 2.05) is 20.8 Å². The monoisotopic (exact) mass is 374 g/mol. The molecule has 0 aliphatic rings. The average Bonchev–Trinajstić information content (AvgIpc) is 3.10. The Bertz CT molecular complexity index is 986. The molecule has 1 amide bonds. The fourth-order valence-electron chi connectivity index (χ4n) is 2.80. The molecule has 0 aliphatic carbocycles. The molecule has 3 rings (SSSR count). The molecule has 8 nitrogen and oxygen atoms in total. The Kier molecular flexibility index (Phi) is 4.41. The van der Waals surface area contributed by atoms with Gasteiger partial charge >= 0.3 is 6.16 Å². The number of carboxylic acid groups (broad SMARTS) is 1. The predicted octanol–water partition coefficient (Wildman–Crippen LogP) is 3.67. The van der Waals surface area contributed by atoms with Gasteiger partial charge in [0.15, 0.2) is 10.7 Å². The topological polar surface area (TPSA) is 97.0 Å². The highest BCUT2D eigenvalue weighted by Crippen LogP contribution is 2.40. The summed E-state index contributed by atoms with van der Waals surface area (Å²) < 4.78 is 6.51. The third-order valence-electron chi connectivity index (χ3n) is 3.61. The summed E-state index contributed by atoms with van der Waals surface area (Å²) in [6, 6.07) is 3.29. The third-order valence-corrected chi connectivity index (χ3v) is 4.58. The Morgan fingerprint density at radius 2 is 2.04 bits per heavy atom. The van der Waals surface area contributed by atoms with Crippen LogP contribution in [0.15, 0.2) is 30.7 Å². The van der Waals surface area contributed by atoms with Crippen molar-refractivity contribution >= 4 is 34.9 Å². The molecular weight excluding hydrogens is 356 g/mol. The number of nitrogens with zero attached hydrogens (tertiary/aromatic N) is 4. The lowest BCUT2D eigenvalue weighted by atomic mass is 10.1. The van der Waals surface area contributed by atoms with Crippen molar-refractivity contribution in [1.82, 2.24) is 14.4 Å². The van der Waals surface area contributed by atoms with Crippen LogP contribution in [0.1, 0.15) is 27.7 Å². The zero-order valence-corrected chi connectivity index (χ0v) is 15.6. The number of anilines is 1. The lowest BCUT2D eigenvalue weighted by molar-refractivity contribution is -0.117. The minimum atomic E-state index is -1.38. The standard InChI is InChI=1S/C17H18N4O4S/c1-10(22)21(17(2,3)4)15-14(19-12-9-18-7-8-20(12)15)11-5-6-13(26-11)25-16(23)24/h5-9H,1-4H3,(H,23,24). The lowest BCUT2D eigenvalue weighted by Gasteiger charge is -2.34. The molecule has 0 saturated carbocycles. The summed E-state index contributed by atoms with van der Waals surface area (Å²) in [5.41, 5.74) is 0.660. The molecular formula is C17H18N4O4S. The fourth-order valence-corrected chi connectivity index (χ4v) is 3.64. The van der Waals surface area contributed by atoms with Gasteiger partial charge in [-0.2, -0.15) is 0 Å². The van der Waals surface area contributed by atoms with Crippen LogP contribution in [-0.2, 0) is 4.79 Å². The molecule has 3 aromatic rings. The van der Waals surface area contributed by atoms with Gasteiger partial charge in [0.25, 0.3) is 0 Å². The molecule has 0 radical (unpaired) electrons. The first-order valence-electron chi connectivity index (χ1n) is 7.82. The molecule has 3 heterocycles. The molecule has 9 heteroatoms. The molecule has 26 heavy (non-hydrogen) atoms. The van der Waals surface area contributed by atoms with Crippen LogP contribution in [0.25, 0.3) is 16.2 Å². The SMILES string of the molecule is CC(=O)N(c1c(-c2ccc(OC(=O)O)s2)nc2cnccn12)C(C)(C)C. The maximum atomic E-state index is 12.4. The van der Waals surface area contributed by atoms with Gasteiger partial charge in [-0.1, -0.05) is 11.3 Å². The van der Waals surface area contributed by atoms with Crippen LogP contribution in [0, 0.1) is 0 Å². The van der Waals surface area contributed by atoms with Crippen LogP contribution in [0.4, 0.5) is 10.6 Å². The summed E-state index contributed by atoms with van der Waals surface area (Å²) in [5, 5.41) is 9.02. The van der Waals surface area contributed by atoms with Crippen LogP contribution in [0.5, 0.6) is 5.06 Å². The molecule has 0 aromatic carbocycles. The number of aromatic nitrogens is 3. The Morgan fingerprint density at radius 3 is 2.65 bits per heavy atom. The minimum absolute atomic E-state index is 0.129. The van der Waals surface area contributed by atoms with Gasteiger partial charge in [0, 0.05) is 24.9 Å². The highest BCUT2D eigenvalue weighted by Gasteiger charge is 2.32. The van der Waals surface area contributed by atoms with E-state index in [0.29, 0.717) is 22.0 Å². The normalized spacial score (nSPS) is 11.5. The van der Waals surface area contributed by atoms with Crippen LogP contribution in [0.3, 0.4) is 0 Å². The van der Waals surface area contributed by atoms with Gasteiger partial charge in [-0.05, 0) is 32.9 Å². The number of ether oxygens (including phenoxy) is 1. The molecule has 0 aliphatic heterocycles. The van der Waals surface area contributed by atoms with Crippen LogP contribution < -0.4 is 9.64 Å². The molecule has 0 spiro atoms. The number of imidazole rings is 1. The fraction of sp³-hybridized carbons (Fsp3) is 0.294. The summed E-state index contributed by atoms with van der Waals surface area (Å²) in [6.07, 6.45) is 3.59. The Morgan fingerprint density at radius 1 is 1.31 bits per heavy atom. The zero-order chi connectivity index (χ0) is 19.1. The Balaban J connectivity index is 2.24. The second-order valence-corrected chi connectivity index (χ2v) is 7.65. The summed E-state index contributed by atoms with van der Waals surface area (Å²) in [4.78, 5) is 34.2. The lowest BCUT2D eigenvalue weighted by Crippen LogP contribution is -2.45. The van der Waals surface area contributed by atoms with Crippen molar-refractivity contribution in [3.05, 3.63) is 30.7 Å². The largest absolute Gasteiger partial charge is 0.512 e. The first kappa shape index (κ1) is 17.9. The maximum Gasteiger partial charge on any atom is 0.512 e. The summed E-state index contributed by atoms with van der Waals surface area (Å²) in [6.45, 7) is 7.31. The summed E-state index contributed by atoms with van der Waals surface area (Å²) >= 11 is 1.15. The number of amides is 1. The smallest absolute Gasteiger partial charge is 0.449 e. The molecule has 0 fully saturated rings. The van der Waals surface area contributed by atoms with E-state index >= 15 is 0 Å². The van der Waals surface area contributed by atoms with Crippen molar-refractivity contribution < 1.29 is 19.4 Å². The quantitative estimate of drug-likeness (QED) is 0.703. The number of fused-ring (bicyclic) bond motifs is 1. The number of thiophene rings is 1. The van der Waals surface area contributed by atoms with Gasteiger partial charge < -0.3 is 9.84 Å². The molecule has 1 N–H and O–H groups in total. The van der Waals surface area contributed by atoms with E-state index in [1.54, 1.807) is 40.0 Å². The van der Waals surface area contributed by atoms with Crippen molar-refractivity contribution in [2.45, 2.75) is 33.2 Å². The first-order valence-corrected chi connectivity index (χ1v) is 8.64. The zero-order valence-electron chi connectivity index (χ0n) is 14.8. The Labute approximate surface area is 153 Å². The molecule has 0 bridgehead atoms. The van der Waals surface area contributed by atoms with E-state index in [4.69, 9.17) is 9.84 Å². The number of hydrogen-bond donors (Lipinski definition) is 1. The molecule has 3 aromatic heterocycles. The van der Waals surface area contributed by atoms with Crippen molar-refractivity contribution in [1.29, 1.82) is 0 Å². The van der Waals surface area contributed by atoms with Gasteiger partial charge in [0.1, 0.15) is 11.5 Å². The van der Waals surface area contributed by atoms with E-state index in [0.717, 1.165) is 11.3 Å². The first-order chi connectivity index (χ1) is 12.2. The second kappa shape index (κ2) is 6.41. The van der Waals surface area contributed by atoms with Gasteiger partial charge in [0.2, 0.25) is 5.91 Å². The predicted molar refractivity (Wildman–Crippen MR) is 97.9 cm³/mol. The van der Waals surface area contributed by atoms with E-state index < -0.39 is 11.7 Å². The summed E-state index contributed by atoms with van der Waals surface area (Å²) in [5.74, 6) is 0.474. The van der Waals surface area contributed by atoms with Crippen molar-refractivity contribution in [3.63, 3.8) is 0 Å². The van der Waals surface area contributed by atoms with E-state index in [1.165, 1.54) is 6.92 Å². The number of rotatable bonds is 3. The molecule has 0 unspecified atom stereocenters. The summed E-state index contributed by atoms with van der Waals surface area (Å²) in [7, 11) is 0. The highest BCUT2D eigenvalue weighted by atomic mass is 32.1. The van der Waals surface area contributed by atoms with Gasteiger partial charge in [-0.15, -0.1) is 0 Å². The molecule has 136 valence electrons. The highest BCUT2D eigenvalue weighted by molar-refractivity contribution is 7.17. The van der Waals surface area contributed by atoms with Crippen molar-refractivity contribution in [3.8, 4) is 15.6 Å². The van der Waals surface area contributed by atoms with Crippen molar-refractivity contribution in [2.75, 3.05) is 4.90 Å². The van der Waals surface area contributed by atoms with Crippen molar-refractivity contribution in [2.24, 2.45) is 0 Å². The van der Waals surface area contributed by atoms with Crippen LogP contribution in [-0.4, -0.2) is 37.1 Å². The van der Waals surface area contributed by atoms with Gasteiger partial charge in [0.05, 0.1) is 11.1 Å². The third kappa shape index (κ3) is 3.25. The Hall–Kier alpha value is -2.94. The number of carbonyl (C=O) groups excluding carboxylic acids is 1.